The van der Waals surface area contributed by atoms with Crippen LogP contribution in [0.25, 0.3) is 0 Å². The molecule has 0 aromatic carbocycles. The molecule has 168 valence electrons. The molecule has 3 aliphatic heterocycles. The molecule has 3 atom stereocenters. The number of aromatic nitrogens is 3. The number of piperidine rings is 1. The van der Waals surface area contributed by atoms with E-state index in [9.17, 15) is 4.79 Å². The molecule has 2 bridgehead atoms. The molecule has 5 heterocycles. The first-order valence-corrected chi connectivity index (χ1v) is 11.9. The summed E-state index contributed by atoms with van der Waals surface area (Å²) in [4.78, 5) is 20.7. The van der Waals surface area contributed by atoms with Gasteiger partial charge in [-0.05, 0) is 51.9 Å². The second-order valence-electron chi connectivity index (χ2n) is 9.97. The molecule has 2 saturated heterocycles. The number of likely N-dealkylation sites (tertiary alicyclic amines) is 2. The van der Waals surface area contributed by atoms with Gasteiger partial charge >= 0.3 is 0 Å². The average Bonchev–Trinajstić information content (AvgIpc) is 3.40. The highest BCUT2D eigenvalue weighted by molar-refractivity contribution is 5.22. The summed E-state index contributed by atoms with van der Waals surface area (Å²) in [5.41, 5.74) is 3.74. The van der Waals surface area contributed by atoms with E-state index in [1.807, 2.05) is 6.20 Å². The number of likely N-dealkylation sites (N-methyl/N-ethyl adjacent to an activating group) is 1. The van der Waals surface area contributed by atoms with Gasteiger partial charge in [0.2, 0.25) is 0 Å². The zero-order chi connectivity index (χ0) is 21.5. The van der Waals surface area contributed by atoms with Crippen LogP contribution in [0.4, 0.5) is 0 Å². The Labute approximate surface area is 185 Å². The van der Waals surface area contributed by atoms with Gasteiger partial charge in [0.25, 0.3) is 5.56 Å². The van der Waals surface area contributed by atoms with E-state index in [-0.39, 0.29) is 5.56 Å². The zero-order valence-corrected chi connectivity index (χ0v) is 19.2. The van der Waals surface area contributed by atoms with E-state index >= 15 is 0 Å². The van der Waals surface area contributed by atoms with Crippen LogP contribution in [-0.2, 0) is 26.2 Å². The highest BCUT2D eigenvalue weighted by atomic mass is 16.1. The molecule has 2 aromatic heterocycles. The van der Waals surface area contributed by atoms with Gasteiger partial charge in [0, 0.05) is 81.8 Å². The van der Waals surface area contributed by atoms with E-state index in [0.717, 1.165) is 57.9 Å². The molecule has 0 amide bonds. The lowest BCUT2D eigenvalue weighted by atomic mass is 9.83. The fourth-order valence-electron chi connectivity index (χ4n) is 5.97. The lowest BCUT2D eigenvalue weighted by Crippen LogP contribution is -2.47. The third kappa shape index (κ3) is 4.11. The fourth-order valence-corrected chi connectivity index (χ4v) is 5.97. The predicted octanol–water partition coefficient (Wildman–Crippen LogP) is 1.82. The van der Waals surface area contributed by atoms with Gasteiger partial charge < -0.3 is 9.47 Å². The van der Waals surface area contributed by atoms with Crippen molar-refractivity contribution in [1.29, 1.82) is 0 Å². The topological polar surface area (TPSA) is 49.5 Å². The molecule has 0 unspecified atom stereocenters. The number of rotatable bonds is 6. The Bertz CT molecular complexity index is 979. The minimum Gasteiger partial charge on any atom is -0.312 e. The summed E-state index contributed by atoms with van der Waals surface area (Å²) in [6.45, 7) is 9.89. The molecular formula is C24H36N6O. The molecule has 2 fully saturated rings. The second-order valence-corrected chi connectivity index (χ2v) is 9.97. The van der Waals surface area contributed by atoms with Gasteiger partial charge in [-0.2, -0.15) is 5.10 Å². The summed E-state index contributed by atoms with van der Waals surface area (Å²) >= 11 is 0. The van der Waals surface area contributed by atoms with Crippen LogP contribution < -0.4 is 5.56 Å². The summed E-state index contributed by atoms with van der Waals surface area (Å²) in [5.74, 6) is 1.01. The first-order chi connectivity index (χ1) is 15.0. The fraction of sp³-hybridized carbons (Fsp3) is 0.667. The van der Waals surface area contributed by atoms with Crippen molar-refractivity contribution in [3.63, 3.8) is 0 Å². The number of aryl methyl sites for hydroxylation is 1. The molecule has 0 aliphatic carbocycles. The lowest BCUT2D eigenvalue weighted by Gasteiger charge is -2.43. The van der Waals surface area contributed by atoms with Gasteiger partial charge in [-0.3, -0.25) is 19.3 Å². The zero-order valence-electron chi connectivity index (χ0n) is 19.2. The van der Waals surface area contributed by atoms with Gasteiger partial charge in [0.05, 0.1) is 5.69 Å². The molecule has 0 radical (unpaired) electrons. The normalized spacial score (nSPS) is 26.5. The standard InChI is InChI=1S/C24H36N6O/c1-4-30-22(7-9-25-30)17-28-12-18-11-20(15-28)23-6-5-19(24(31)29(23)13-18)14-27-10-8-21(16-27)26(2)3/h5-7,9,18,20-21H,4,8,10-17H2,1-3H3/t18-,20+,21+/m0/s1. The summed E-state index contributed by atoms with van der Waals surface area (Å²) in [6.07, 6.45) is 4.30. The molecule has 2 aromatic rings. The van der Waals surface area contributed by atoms with Crippen LogP contribution in [-0.4, -0.2) is 75.4 Å². The summed E-state index contributed by atoms with van der Waals surface area (Å²) < 4.78 is 4.20. The maximum atomic E-state index is 13.4. The Kier molecular flexibility index (Phi) is 5.75. The molecule has 5 rings (SSSR count). The van der Waals surface area contributed by atoms with Crippen molar-refractivity contribution >= 4 is 0 Å². The predicted molar refractivity (Wildman–Crippen MR) is 122 cm³/mol. The molecule has 7 nitrogen and oxygen atoms in total. The van der Waals surface area contributed by atoms with Gasteiger partial charge in [0.15, 0.2) is 0 Å². The first-order valence-electron chi connectivity index (χ1n) is 11.9. The van der Waals surface area contributed by atoms with E-state index in [4.69, 9.17) is 0 Å². The largest absolute Gasteiger partial charge is 0.312 e. The minimum atomic E-state index is 0.248. The van der Waals surface area contributed by atoms with Crippen molar-refractivity contribution in [1.82, 2.24) is 29.0 Å². The highest BCUT2D eigenvalue weighted by Crippen LogP contribution is 2.35. The molecule has 0 spiro atoms. The van der Waals surface area contributed by atoms with Gasteiger partial charge in [0.1, 0.15) is 0 Å². The Balaban J connectivity index is 1.31. The Morgan fingerprint density at radius 2 is 1.94 bits per heavy atom. The molecule has 0 N–H and O–H groups in total. The number of nitrogens with zero attached hydrogens (tertiary/aromatic N) is 6. The number of hydrogen-bond acceptors (Lipinski definition) is 5. The van der Waals surface area contributed by atoms with Crippen LogP contribution in [0.3, 0.4) is 0 Å². The summed E-state index contributed by atoms with van der Waals surface area (Å²) in [5, 5.41) is 4.42. The third-order valence-electron chi connectivity index (χ3n) is 7.62. The highest BCUT2D eigenvalue weighted by Gasteiger charge is 2.35. The maximum absolute atomic E-state index is 13.4. The van der Waals surface area contributed by atoms with E-state index in [1.54, 1.807) is 0 Å². The average molecular weight is 425 g/mol. The Hall–Kier alpha value is -1.96. The smallest absolute Gasteiger partial charge is 0.255 e. The lowest BCUT2D eigenvalue weighted by molar-refractivity contribution is 0.111. The van der Waals surface area contributed by atoms with Crippen LogP contribution in [0, 0.1) is 5.92 Å². The number of pyridine rings is 1. The van der Waals surface area contributed by atoms with E-state index in [0.29, 0.717) is 17.9 Å². The molecule has 0 saturated carbocycles. The van der Waals surface area contributed by atoms with Crippen molar-refractivity contribution in [2.45, 2.75) is 57.9 Å². The molecule has 31 heavy (non-hydrogen) atoms. The first kappa shape index (κ1) is 20.9. The van der Waals surface area contributed by atoms with E-state index in [2.05, 4.69) is 68.3 Å². The minimum absolute atomic E-state index is 0.248. The Morgan fingerprint density at radius 1 is 1.06 bits per heavy atom. The summed E-state index contributed by atoms with van der Waals surface area (Å²) in [6, 6.07) is 7.10. The maximum Gasteiger partial charge on any atom is 0.255 e. The Morgan fingerprint density at radius 3 is 2.71 bits per heavy atom. The third-order valence-corrected chi connectivity index (χ3v) is 7.62. The van der Waals surface area contributed by atoms with Crippen LogP contribution in [0.1, 0.15) is 42.6 Å². The van der Waals surface area contributed by atoms with Crippen molar-refractivity contribution in [2.75, 3.05) is 40.3 Å². The second kappa shape index (κ2) is 8.52. The van der Waals surface area contributed by atoms with Crippen LogP contribution in [0.5, 0.6) is 0 Å². The van der Waals surface area contributed by atoms with E-state index < -0.39 is 0 Å². The van der Waals surface area contributed by atoms with Crippen LogP contribution >= 0.6 is 0 Å². The van der Waals surface area contributed by atoms with Gasteiger partial charge in [-0.1, -0.05) is 6.07 Å². The van der Waals surface area contributed by atoms with Crippen molar-refractivity contribution in [3.05, 3.63) is 51.7 Å². The van der Waals surface area contributed by atoms with E-state index in [1.165, 1.54) is 24.2 Å². The van der Waals surface area contributed by atoms with Crippen LogP contribution in [0.15, 0.2) is 29.2 Å². The van der Waals surface area contributed by atoms with Crippen molar-refractivity contribution in [2.24, 2.45) is 5.92 Å². The quantitative estimate of drug-likeness (QED) is 0.708. The number of hydrogen-bond donors (Lipinski definition) is 0. The van der Waals surface area contributed by atoms with Crippen LogP contribution in [0.2, 0.25) is 0 Å². The van der Waals surface area contributed by atoms with Gasteiger partial charge in [-0.25, -0.2) is 0 Å². The molecule has 3 aliphatic rings. The van der Waals surface area contributed by atoms with Crippen molar-refractivity contribution in [3.8, 4) is 0 Å². The SMILES string of the molecule is CCn1nccc1CN1C[C@@H]2C[C@H](C1)c1ccc(CN3CC[C@@H](N(C)C)C3)c(=O)n1C2. The monoisotopic (exact) mass is 424 g/mol. The molecular weight excluding hydrogens is 388 g/mol. The van der Waals surface area contributed by atoms with Crippen molar-refractivity contribution < 1.29 is 0 Å². The molecule has 7 heteroatoms. The van der Waals surface area contributed by atoms with Gasteiger partial charge in [-0.15, -0.1) is 0 Å². The summed E-state index contributed by atoms with van der Waals surface area (Å²) in [7, 11) is 4.31. The number of fused-ring (bicyclic) bond motifs is 4.